The molecule has 2 atom stereocenters. The molecule has 2 aliphatic rings. The molecule has 3 aromatic heterocycles. The molecule has 2 aliphatic heterocycles. The van der Waals surface area contributed by atoms with E-state index in [9.17, 15) is 9.18 Å². The number of carbonyl (C=O) groups excluding carboxylic acids is 1. The van der Waals surface area contributed by atoms with E-state index in [1.165, 1.54) is 10.9 Å². The van der Waals surface area contributed by atoms with Gasteiger partial charge in [-0.3, -0.25) is 9.47 Å². The summed E-state index contributed by atoms with van der Waals surface area (Å²) in [5, 5.41) is 4.29. The van der Waals surface area contributed by atoms with Crippen molar-refractivity contribution in [2.24, 2.45) is 0 Å². The van der Waals surface area contributed by atoms with Crippen LogP contribution in [0.1, 0.15) is 32.1 Å². The van der Waals surface area contributed by atoms with E-state index in [1.54, 1.807) is 12.3 Å². The molecule has 3 aromatic rings. The number of piperidine rings is 1. The Morgan fingerprint density at radius 3 is 2.94 bits per heavy atom. The maximum absolute atomic E-state index is 14.6. The molecule has 33 heavy (non-hydrogen) atoms. The minimum atomic E-state index is -0.564. The normalized spacial score (nSPS) is 21.3. The molecule has 0 aliphatic carbocycles. The van der Waals surface area contributed by atoms with Crippen LogP contribution in [0.25, 0.3) is 22.4 Å². The van der Waals surface area contributed by atoms with Crippen LogP contribution in [0.5, 0.6) is 0 Å². The van der Waals surface area contributed by atoms with E-state index >= 15 is 0 Å². The van der Waals surface area contributed by atoms with Crippen LogP contribution < -0.4 is 11.2 Å². The van der Waals surface area contributed by atoms with E-state index in [0.717, 1.165) is 38.3 Å². The summed E-state index contributed by atoms with van der Waals surface area (Å²) in [5.74, 6) is 5.85. The van der Waals surface area contributed by atoms with Crippen molar-refractivity contribution in [1.82, 2.24) is 24.5 Å². The van der Waals surface area contributed by atoms with E-state index in [1.807, 2.05) is 4.90 Å². The third-order valence-corrected chi connectivity index (χ3v) is 6.36. The molecule has 0 radical (unpaired) electrons. The highest BCUT2D eigenvalue weighted by molar-refractivity contribution is 6.31. The number of hydrogen-bond donors (Lipinski definition) is 2. The van der Waals surface area contributed by atoms with Gasteiger partial charge >= 0.3 is 0 Å². The van der Waals surface area contributed by atoms with Crippen molar-refractivity contribution < 1.29 is 13.9 Å². The van der Waals surface area contributed by atoms with Gasteiger partial charge in [0.05, 0.1) is 11.2 Å². The second-order valence-corrected chi connectivity index (χ2v) is 8.92. The van der Waals surface area contributed by atoms with Gasteiger partial charge in [-0.15, -0.1) is 0 Å². The first-order chi connectivity index (χ1) is 16.0. The van der Waals surface area contributed by atoms with Crippen LogP contribution >= 0.6 is 11.6 Å². The minimum Gasteiger partial charge on any atom is -0.368 e. The number of nitrogen functional groups attached to an aromatic ring is 1. The molecule has 11 heteroatoms. The number of carbonyl (C=O) groups is 1. The van der Waals surface area contributed by atoms with E-state index in [0.29, 0.717) is 47.1 Å². The summed E-state index contributed by atoms with van der Waals surface area (Å²) in [6.45, 7) is 1.78. The van der Waals surface area contributed by atoms with Crippen molar-refractivity contribution >= 4 is 34.4 Å². The number of pyridine rings is 1. The van der Waals surface area contributed by atoms with Gasteiger partial charge in [0, 0.05) is 49.1 Å². The Morgan fingerprint density at radius 2 is 2.12 bits per heavy atom. The third kappa shape index (κ3) is 4.45. The number of anilines is 1. The van der Waals surface area contributed by atoms with Crippen LogP contribution in [-0.2, 0) is 9.53 Å². The molecule has 0 bridgehead atoms. The Labute approximate surface area is 195 Å². The minimum absolute atomic E-state index is 0.0187. The SMILES string of the molecule is Nn1cc(-c2ncc(F)c(N[C@H]3CCCN(C(=O)C4CCCCO4)C3)n2)c2cc(Cl)cnc21. The molecular weight excluding hydrogens is 449 g/mol. The van der Waals surface area contributed by atoms with Gasteiger partial charge in [-0.1, -0.05) is 11.6 Å². The first kappa shape index (κ1) is 21.8. The number of halogens is 2. The third-order valence-electron chi connectivity index (χ3n) is 6.15. The number of nitrogens with one attached hydrogen (secondary N) is 1. The molecule has 1 unspecified atom stereocenters. The summed E-state index contributed by atoms with van der Waals surface area (Å²) in [6.07, 6.45) is 8.27. The number of hydrogen-bond acceptors (Lipinski definition) is 7. The molecule has 174 valence electrons. The van der Waals surface area contributed by atoms with Gasteiger partial charge in [0.15, 0.2) is 23.1 Å². The van der Waals surface area contributed by atoms with Crippen molar-refractivity contribution in [3.8, 4) is 11.4 Å². The van der Waals surface area contributed by atoms with Crippen molar-refractivity contribution in [1.29, 1.82) is 0 Å². The van der Waals surface area contributed by atoms with Gasteiger partial charge in [0.25, 0.3) is 5.91 Å². The maximum Gasteiger partial charge on any atom is 0.251 e. The van der Waals surface area contributed by atoms with E-state index < -0.39 is 5.82 Å². The second-order valence-electron chi connectivity index (χ2n) is 8.49. The first-order valence-corrected chi connectivity index (χ1v) is 11.5. The molecule has 9 nitrogen and oxygen atoms in total. The lowest BCUT2D eigenvalue weighted by molar-refractivity contribution is -0.147. The summed E-state index contributed by atoms with van der Waals surface area (Å²) in [5.41, 5.74) is 1.11. The Morgan fingerprint density at radius 1 is 1.24 bits per heavy atom. The fourth-order valence-corrected chi connectivity index (χ4v) is 4.67. The number of aromatic nitrogens is 4. The van der Waals surface area contributed by atoms with Crippen LogP contribution in [0.2, 0.25) is 5.02 Å². The Kier molecular flexibility index (Phi) is 6.03. The van der Waals surface area contributed by atoms with Gasteiger partial charge in [-0.25, -0.2) is 19.3 Å². The average molecular weight is 474 g/mol. The lowest BCUT2D eigenvalue weighted by atomic mass is 10.0. The molecular formula is C22H25ClFN7O2. The Hall–Kier alpha value is -2.98. The highest BCUT2D eigenvalue weighted by Crippen LogP contribution is 2.29. The predicted octanol–water partition coefficient (Wildman–Crippen LogP) is 2.97. The smallest absolute Gasteiger partial charge is 0.251 e. The lowest BCUT2D eigenvalue weighted by Gasteiger charge is -2.36. The summed E-state index contributed by atoms with van der Waals surface area (Å²) in [6, 6.07) is 1.59. The summed E-state index contributed by atoms with van der Waals surface area (Å²) >= 11 is 6.10. The van der Waals surface area contributed by atoms with Crippen LogP contribution in [-0.4, -0.2) is 62.3 Å². The van der Waals surface area contributed by atoms with Crippen molar-refractivity contribution in [2.45, 2.75) is 44.2 Å². The Balaban J connectivity index is 1.36. The largest absolute Gasteiger partial charge is 0.368 e. The zero-order valence-electron chi connectivity index (χ0n) is 18.0. The number of nitrogens with two attached hydrogens (primary N) is 1. The van der Waals surface area contributed by atoms with Gasteiger partial charge < -0.3 is 20.8 Å². The van der Waals surface area contributed by atoms with Gasteiger partial charge in [-0.05, 0) is 38.2 Å². The number of ether oxygens (including phenoxy) is 1. The summed E-state index contributed by atoms with van der Waals surface area (Å²) in [7, 11) is 0. The van der Waals surface area contributed by atoms with Crippen molar-refractivity contribution in [3.63, 3.8) is 0 Å². The summed E-state index contributed by atoms with van der Waals surface area (Å²) < 4.78 is 21.6. The topological polar surface area (TPSA) is 111 Å². The number of likely N-dealkylation sites (tertiary alicyclic amines) is 1. The van der Waals surface area contributed by atoms with Crippen LogP contribution in [0.3, 0.4) is 0 Å². The quantitative estimate of drug-likeness (QED) is 0.560. The maximum atomic E-state index is 14.6. The fourth-order valence-electron chi connectivity index (χ4n) is 4.51. The summed E-state index contributed by atoms with van der Waals surface area (Å²) in [4.78, 5) is 27.5. The molecule has 1 amide bonds. The van der Waals surface area contributed by atoms with Gasteiger partial charge in [0.2, 0.25) is 0 Å². The predicted molar refractivity (Wildman–Crippen MR) is 123 cm³/mol. The first-order valence-electron chi connectivity index (χ1n) is 11.1. The molecule has 3 N–H and O–H groups in total. The monoisotopic (exact) mass is 473 g/mol. The molecule has 2 saturated heterocycles. The number of rotatable bonds is 4. The van der Waals surface area contributed by atoms with Crippen molar-refractivity contribution in [3.05, 3.63) is 35.5 Å². The highest BCUT2D eigenvalue weighted by atomic mass is 35.5. The highest BCUT2D eigenvalue weighted by Gasteiger charge is 2.31. The number of nitrogens with zero attached hydrogens (tertiary/aromatic N) is 5. The van der Waals surface area contributed by atoms with Gasteiger partial charge in [-0.2, -0.15) is 0 Å². The van der Waals surface area contributed by atoms with Gasteiger partial charge in [0.1, 0.15) is 6.10 Å². The second kappa shape index (κ2) is 9.11. The number of amides is 1. The zero-order chi connectivity index (χ0) is 22.9. The van der Waals surface area contributed by atoms with E-state index in [-0.39, 0.29) is 23.9 Å². The molecule has 5 rings (SSSR count). The molecule has 2 fully saturated rings. The van der Waals surface area contributed by atoms with E-state index in [4.69, 9.17) is 22.2 Å². The lowest BCUT2D eigenvalue weighted by Crippen LogP contribution is -2.49. The molecule has 5 heterocycles. The van der Waals surface area contributed by atoms with Crippen LogP contribution in [0, 0.1) is 5.82 Å². The average Bonchev–Trinajstić information content (AvgIpc) is 3.16. The zero-order valence-corrected chi connectivity index (χ0v) is 18.8. The Bertz CT molecular complexity index is 1180. The molecule has 0 aromatic carbocycles. The molecule has 0 saturated carbocycles. The van der Waals surface area contributed by atoms with E-state index in [2.05, 4.69) is 20.3 Å². The van der Waals surface area contributed by atoms with Crippen LogP contribution in [0.4, 0.5) is 10.2 Å². The molecule has 0 spiro atoms. The number of fused-ring (bicyclic) bond motifs is 1. The fraction of sp³-hybridized carbons (Fsp3) is 0.455. The standard InChI is InChI=1S/C22H25ClFN7O2/c23-13-8-15-16(12-31(25)21(15)27-9-13)19-26-10-17(24)20(29-19)28-14-4-3-6-30(11-14)22(32)18-5-1-2-7-33-18/h8-10,12,14,18H,1-7,11,25H2,(H,26,28,29)/t14-,18?/m0/s1. The van der Waals surface area contributed by atoms with Crippen molar-refractivity contribution in [2.75, 3.05) is 30.9 Å². The van der Waals surface area contributed by atoms with Crippen LogP contribution in [0.15, 0.2) is 24.7 Å².